The van der Waals surface area contributed by atoms with E-state index < -0.39 is 0 Å². The van der Waals surface area contributed by atoms with Gasteiger partial charge in [-0.15, -0.1) is 0 Å². The molecule has 0 spiro atoms. The number of aryl methyl sites for hydroxylation is 2. The first-order chi connectivity index (χ1) is 15.4. The van der Waals surface area contributed by atoms with E-state index in [0.717, 1.165) is 24.0 Å². The van der Waals surface area contributed by atoms with Crippen LogP contribution in [0.2, 0.25) is 0 Å². The summed E-state index contributed by atoms with van der Waals surface area (Å²) in [6.07, 6.45) is 2.01. The van der Waals surface area contributed by atoms with Crippen molar-refractivity contribution in [3.63, 3.8) is 0 Å². The third kappa shape index (κ3) is 4.93. The first kappa shape index (κ1) is 21.9. The molecule has 1 saturated heterocycles. The third-order valence-electron chi connectivity index (χ3n) is 6.04. The molecule has 1 aliphatic heterocycles. The van der Waals surface area contributed by atoms with Crippen LogP contribution in [0, 0.1) is 19.7 Å². The Morgan fingerprint density at radius 2 is 1.97 bits per heavy atom. The number of benzene rings is 2. The predicted octanol–water partition coefficient (Wildman–Crippen LogP) is 4.86. The maximum absolute atomic E-state index is 13.5. The van der Waals surface area contributed by atoms with E-state index >= 15 is 0 Å². The zero-order chi connectivity index (χ0) is 22.7. The van der Waals surface area contributed by atoms with E-state index in [-0.39, 0.29) is 36.3 Å². The maximum Gasteiger partial charge on any atom is 0.231 e. The molecule has 0 bridgehead atoms. The molecule has 1 aliphatic rings. The second-order valence-corrected chi connectivity index (χ2v) is 8.37. The quantitative estimate of drug-likeness (QED) is 0.517. The number of nitrogens with zero attached hydrogens (tertiary/aromatic N) is 3. The number of halogens is 1. The van der Waals surface area contributed by atoms with Crippen molar-refractivity contribution in [2.45, 2.75) is 45.4 Å². The van der Waals surface area contributed by atoms with Crippen molar-refractivity contribution >= 4 is 11.7 Å². The van der Waals surface area contributed by atoms with E-state index in [4.69, 9.17) is 4.52 Å². The fourth-order valence-corrected chi connectivity index (χ4v) is 3.99. The molecule has 1 unspecified atom stereocenters. The number of carbonyl (C=O) groups is 2. The Kier molecular flexibility index (Phi) is 6.44. The molecule has 0 N–H and O–H groups in total. The minimum atomic E-state index is -0.362. The molecular weight excluding hydrogens is 409 g/mol. The summed E-state index contributed by atoms with van der Waals surface area (Å²) in [5, 5.41) is 3.98. The van der Waals surface area contributed by atoms with Crippen molar-refractivity contribution in [1.29, 1.82) is 0 Å². The lowest BCUT2D eigenvalue weighted by molar-refractivity contribution is -0.132. The average molecular weight is 435 g/mol. The fraction of sp³-hybridized carbons (Fsp3) is 0.360. The SMILES string of the molecule is Cc1ccc(C(=O)CCC(=O)N2CCCC(c3nc(-c4cccc(F)c4)no3)C2)cc1C. The number of aromatic nitrogens is 2. The van der Waals surface area contributed by atoms with Gasteiger partial charge in [0.25, 0.3) is 0 Å². The highest BCUT2D eigenvalue weighted by atomic mass is 19.1. The Morgan fingerprint density at radius 3 is 2.75 bits per heavy atom. The van der Waals surface area contributed by atoms with E-state index in [0.29, 0.717) is 35.9 Å². The van der Waals surface area contributed by atoms with Crippen molar-refractivity contribution in [3.8, 4) is 11.4 Å². The molecule has 1 atom stereocenters. The van der Waals surface area contributed by atoms with Crippen LogP contribution in [-0.4, -0.2) is 39.8 Å². The van der Waals surface area contributed by atoms with Crippen LogP contribution in [0.4, 0.5) is 4.39 Å². The van der Waals surface area contributed by atoms with Crippen LogP contribution in [0.5, 0.6) is 0 Å². The number of carbonyl (C=O) groups excluding carboxylic acids is 2. The fourth-order valence-electron chi connectivity index (χ4n) is 3.99. The van der Waals surface area contributed by atoms with Crippen molar-refractivity contribution in [3.05, 3.63) is 70.9 Å². The van der Waals surface area contributed by atoms with Gasteiger partial charge in [0, 0.05) is 37.1 Å². The molecule has 2 heterocycles. The topological polar surface area (TPSA) is 76.3 Å². The highest BCUT2D eigenvalue weighted by Gasteiger charge is 2.29. The summed E-state index contributed by atoms with van der Waals surface area (Å²) in [5.74, 6) is 0.287. The lowest BCUT2D eigenvalue weighted by atomic mass is 9.97. The first-order valence-electron chi connectivity index (χ1n) is 10.9. The molecule has 0 aliphatic carbocycles. The number of Topliss-reactive ketones (excluding diaryl/α,β-unsaturated/α-hetero) is 1. The van der Waals surface area contributed by atoms with Crippen LogP contribution in [-0.2, 0) is 4.79 Å². The van der Waals surface area contributed by atoms with Gasteiger partial charge in [-0.05, 0) is 56.0 Å². The van der Waals surface area contributed by atoms with Gasteiger partial charge in [0.15, 0.2) is 5.78 Å². The van der Waals surface area contributed by atoms with Gasteiger partial charge in [0.05, 0.1) is 5.92 Å². The monoisotopic (exact) mass is 435 g/mol. The van der Waals surface area contributed by atoms with Crippen LogP contribution < -0.4 is 0 Å². The third-order valence-corrected chi connectivity index (χ3v) is 6.04. The maximum atomic E-state index is 13.5. The van der Waals surface area contributed by atoms with Gasteiger partial charge in [-0.1, -0.05) is 29.4 Å². The van der Waals surface area contributed by atoms with Gasteiger partial charge < -0.3 is 9.42 Å². The number of piperidine rings is 1. The normalized spacial score (nSPS) is 16.2. The highest BCUT2D eigenvalue weighted by molar-refractivity contribution is 5.98. The Morgan fingerprint density at radius 1 is 1.12 bits per heavy atom. The van der Waals surface area contributed by atoms with E-state index in [1.54, 1.807) is 17.0 Å². The van der Waals surface area contributed by atoms with Crippen molar-refractivity contribution < 1.29 is 18.5 Å². The van der Waals surface area contributed by atoms with Crippen molar-refractivity contribution in [2.75, 3.05) is 13.1 Å². The second-order valence-electron chi connectivity index (χ2n) is 8.37. The molecule has 0 saturated carbocycles. The first-order valence-corrected chi connectivity index (χ1v) is 10.9. The van der Waals surface area contributed by atoms with Crippen LogP contribution in [0.25, 0.3) is 11.4 Å². The Labute approximate surface area is 186 Å². The lowest BCUT2D eigenvalue weighted by Crippen LogP contribution is -2.39. The number of hydrogen-bond acceptors (Lipinski definition) is 5. The molecule has 1 aromatic heterocycles. The van der Waals surface area contributed by atoms with E-state index in [2.05, 4.69) is 10.1 Å². The molecule has 32 heavy (non-hydrogen) atoms. The zero-order valence-electron chi connectivity index (χ0n) is 18.3. The lowest BCUT2D eigenvalue weighted by Gasteiger charge is -2.31. The highest BCUT2D eigenvalue weighted by Crippen LogP contribution is 2.28. The molecule has 1 fully saturated rings. The molecule has 7 heteroatoms. The number of ketones is 1. The summed E-state index contributed by atoms with van der Waals surface area (Å²) in [7, 11) is 0. The Bertz CT molecular complexity index is 1140. The smallest absolute Gasteiger partial charge is 0.231 e. The van der Waals surface area contributed by atoms with Gasteiger partial charge in [0.1, 0.15) is 5.82 Å². The van der Waals surface area contributed by atoms with Gasteiger partial charge in [-0.3, -0.25) is 9.59 Å². The van der Waals surface area contributed by atoms with Crippen LogP contribution >= 0.6 is 0 Å². The van der Waals surface area contributed by atoms with Gasteiger partial charge >= 0.3 is 0 Å². The minimum absolute atomic E-state index is 0.0216. The average Bonchev–Trinajstić information content (AvgIpc) is 3.29. The molecule has 1 amide bonds. The largest absolute Gasteiger partial charge is 0.342 e. The summed E-state index contributed by atoms with van der Waals surface area (Å²) in [6.45, 7) is 5.10. The summed E-state index contributed by atoms with van der Waals surface area (Å²) >= 11 is 0. The van der Waals surface area contributed by atoms with E-state index in [1.807, 2.05) is 32.0 Å². The number of rotatable bonds is 6. The molecule has 4 rings (SSSR count). The summed E-state index contributed by atoms with van der Waals surface area (Å²) in [4.78, 5) is 31.5. The van der Waals surface area contributed by atoms with Crippen LogP contribution in [0.3, 0.4) is 0 Å². The molecule has 0 radical (unpaired) electrons. The summed E-state index contributed by atoms with van der Waals surface area (Å²) in [6, 6.07) is 11.7. The summed E-state index contributed by atoms with van der Waals surface area (Å²) in [5.41, 5.74) is 3.40. The number of likely N-dealkylation sites (tertiary alicyclic amines) is 1. The number of amides is 1. The summed E-state index contributed by atoms with van der Waals surface area (Å²) < 4.78 is 18.9. The van der Waals surface area contributed by atoms with Gasteiger partial charge in [0.2, 0.25) is 17.6 Å². The molecule has 2 aromatic carbocycles. The molecule has 3 aromatic rings. The molecule has 6 nitrogen and oxygen atoms in total. The Balaban J connectivity index is 1.36. The van der Waals surface area contributed by atoms with E-state index in [1.165, 1.54) is 12.1 Å². The Hall–Kier alpha value is -3.35. The van der Waals surface area contributed by atoms with E-state index in [9.17, 15) is 14.0 Å². The van der Waals surface area contributed by atoms with Gasteiger partial charge in [-0.25, -0.2) is 4.39 Å². The standard InChI is InChI=1S/C25H26FN3O3/c1-16-8-9-18(13-17(16)2)22(30)10-11-23(31)29-12-4-6-20(15-29)25-27-24(28-32-25)19-5-3-7-21(26)14-19/h3,5,7-9,13-14,20H,4,6,10-12,15H2,1-2H3. The van der Waals surface area contributed by atoms with Gasteiger partial charge in [-0.2, -0.15) is 4.98 Å². The minimum Gasteiger partial charge on any atom is -0.342 e. The molecular formula is C25H26FN3O3. The van der Waals surface area contributed by atoms with Crippen LogP contribution in [0.1, 0.15) is 59.0 Å². The second kappa shape index (κ2) is 9.42. The van der Waals surface area contributed by atoms with Crippen molar-refractivity contribution in [1.82, 2.24) is 15.0 Å². The number of hydrogen-bond donors (Lipinski definition) is 0. The predicted molar refractivity (Wildman–Crippen MR) is 118 cm³/mol. The zero-order valence-corrected chi connectivity index (χ0v) is 18.3. The molecule has 166 valence electrons. The van der Waals surface area contributed by atoms with Crippen LogP contribution in [0.15, 0.2) is 47.0 Å². The van der Waals surface area contributed by atoms with Crippen molar-refractivity contribution in [2.24, 2.45) is 0 Å².